The van der Waals surface area contributed by atoms with Gasteiger partial charge in [-0.25, -0.2) is 4.39 Å². The molecular weight excluding hydrogens is 383 g/mol. The molecule has 3 rings (SSSR count). The third kappa shape index (κ3) is 4.84. The van der Waals surface area contributed by atoms with E-state index in [2.05, 4.69) is 15.7 Å². The lowest BCUT2D eigenvalue weighted by molar-refractivity contribution is 0.622. The Hall–Kier alpha value is -2.44. The Labute approximate surface area is 168 Å². The summed E-state index contributed by atoms with van der Waals surface area (Å²) in [7, 11) is 0. The SMILES string of the molecule is Cc1nn(Cc2ccc(F)cc2Cl)c(C)c1NC(=S)NCc1ccccc1. The lowest BCUT2D eigenvalue weighted by Crippen LogP contribution is -2.28. The molecule has 2 aromatic carbocycles. The number of anilines is 1. The summed E-state index contributed by atoms with van der Waals surface area (Å²) in [6, 6.07) is 14.4. The zero-order valence-electron chi connectivity index (χ0n) is 15.1. The van der Waals surface area contributed by atoms with Gasteiger partial charge in [-0.05, 0) is 49.3 Å². The van der Waals surface area contributed by atoms with Crippen molar-refractivity contribution in [3.63, 3.8) is 0 Å². The van der Waals surface area contributed by atoms with Crippen molar-refractivity contribution < 1.29 is 4.39 Å². The van der Waals surface area contributed by atoms with Crippen LogP contribution in [-0.2, 0) is 13.1 Å². The second-order valence-electron chi connectivity index (χ2n) is 6.23. The monoisotopic (exact) mass is 402 g/mol. The summed E-state index contributed by atoms with van der Waals surface area (Å²) in [5.41, 5.74) is 4.57. The molecule has 1 heterocycles. The molecule has 7 heteroatoms. The lowest BCUT2D eigenvalue weighted by atomic mass is 10.2. The summed E-state index contributed by atoms with van der Waals surface area (Å²) < 4.78 is 15.1. The molecule has 0 aliphatic heterocycles. The fourth-order valence-electron chi connectivity index (χ4n) is 2.78. The fourth-order valence-corrected chi connectivity index (χ4v) is 3.18. The molecule has 0 aliphatic rings. The van der Waals surface area contributed by atoms with Crippen LogP contribution in [-0.4, -0.2) is 14.9 Å². The van der Waals surface area contributed by atoms with E-state index in [-0.39, 0.29) is 5.82 Å². The molecule has 0 spiro atoms. The highest BCUT2D eigenvalue weighted by molar-refractivity contribution is 7.80. The van der Waals surface area contributed by atoms with E-state index < -0.39 is 0 Å². The average molecular weight is 403 g/mol. The molecule has 0 radical (unpaired) electrons. The van der Waals surface area contributed by atoms with Crippen molar-refractivity contribution in [3.8, 4) is 0 Å². The molecule has 0 bridgehead atoms. The highest BCUT2D eigenvalue weighted by Crippen LogP contribution is 2.23. The summed E-state index contributed by atoms with van der Waals surface area (Å²) >= 11 is 11.5. The van der Waals surface area contributed by atoms with Gasteiger partial charge in [0.25, 0.3) is 0 Å². The topological polar surface area (TPSA) is 41.9 Å². The molecule has 3 aromatic rings. The van der Waals surface area contributed by atoms with E-state index >= 15 is 0 Å². The van der Waals surface area contributed by atoms with Gasteiger partial charge in [-0.3, -0.25) is 4.68 Å². The Kier molecular flexibility index (Phi) is 6.08. The molecule has 0 aliphatic carbocycles. The minimum atomic E-state index is -0.352. The number of benzene rings is 2. The number of rotatable bonds is 5. The number of hydrogen-bond acceptors (Lipinski definition) is 2. The van der Waals surface area contributed by atoms with Crippen molar-refractivity contribution in [2.75, 3.05) is 5.32 Å². The van der Waals surface area contributed by atoms with Crippen LogP contribution in [0.5, 0.6) is 0 Å². The molecule has 0 amide bonds. The maximum absolute atomic E-state index is 13.2. The summed E-state index contributed by atoms with van der Waals surface area (Å²) in [6.07, 6.45) is 0. The predicted octanol–water partition coefficient (Wildman–Crippen LogP) is 4.83. The lowest BCUT2D eigenvalue weighted by Gasteiger charge is -2.11. The third-order valence-corrected chi connectivity index (χ3v) is 4.85. The van der Waals surface area contributed by atoms with Gasteiger partial charge in [-0.2, -0.15) is 5.10 Å². The second-order valence-corrected chi connectivity index (χ2v) is 7.05. The van der Waals surface area contributed by atoms with Gasteiger partial charge in [0.2, 0.25) is 0 Å². The van der Waals surface area contributed by atoms with Gasteiger partial charge in [0, 0.05) is 11.6 Å². The predicted molar refractivity (Wildman–Crippen MR) is 112 cm³/mol. The Morgan fingerprint density at radius 1 is 1.19 bits per heavy atom. The first kappa shape index (κ1) is 19.3. The van der Waals surface area contributed by atoms with Crippen LogP contribution in [0.1, 0.15) is 22.5 Å². The van der Waals surface area contributed by atoms with Gasteiger partial charge < -0.3 is 10.6 Å². The maximum atomic E-state index is 13.2. The number of hydrogen-bond donors (Lipinski definition) is 2. The fraction of sp³-hybridized carbons (Fsp3) is 0.200. The van der Waals surface area contributed by atoms with Crippen molar-refractivity contribution in [1.82, 2.24) is 15.1 Å². The number of aromatic nitrogens is 2. The summed E-state index contributed by atoms with van der Waals surface area (Å²) in [6.45, 7) is 4.97. The van der Waals surface area contributed by atoms with Gasteiger partial charge >= 0.3 is 0 Å². The number of thiocarbonyl (C=S) groups is 1. The van der Waals surface area contributed by atoms with E-state index in [1.165, 1.54) is 12.1 Å². The van der Waals surface area contributed by atoms with Crippen LogP contribution in [0.25, 0.3) is 0 Å². The molecule has 0 atom stereocenters. The Balaban J connectivity index is 1.68. The molecule has 0 saturated heterocycles. The first-order valence-corrected chi connectivity index (χ1v) is 9.29. The van der Waals surface area contributed by atoms with Gasteiger partial charge in [0.1, 0.15) is 5.82 Å². The first-order chi connectivity index (χ1) is 12.9. The van der Waals surface area contributed by atoms with Crippen molar-refractivity contribution in [1.29, 1.82) is 0 Å². The Morgan fingerprint density at radius 3 is 2.63 bits per heavy atom. The summed E-state index contributed by atoms with van der Waals surface area (Å²) in [4.78, 5) is 0. The van der Waals surface area contributed by atoms with Crippen LogP contribution in [0.2, 0.25) is 5.02 Å². The van der Waals surface area contributed by atoms with Crippen LogP contribution in [0, 0.1) is 19.7 Å². The van der Waals surface area contributed by atoms with E-state index in [0.717, 1.165) is 28.2 Å². The third-order valence-electron chi connectivity index (χ3n) is 4.25. The van der Waals surface area contributed by atoms with Crippen molar-refractivity contribution in [2.24, 2.45) is 0 Å². The number of nitrogens with one attached hydrogen (secondary N) is 2. The van der Waals surface area contributed by atoms with Crippen molar-refractivity contribution >= 4 is 34.6 Å². The average Bonchev–Trinajstić information content (AvgIpc) is 2.90. The quantitative estimate of drug-likeness (QED) is 0.600. The molecule has 27 heavy (non-hydrogen) atoms. The molecule has 0 unspecified atom stereocenters. The maximum Gasteiger partial charge on any atom is 0.171 e. The molecule has 2 N–H and O–H groups in total. The standard InChI is InChI=1S/C20H20ClFN4S/c1-13-19(24-20(27)23-11-15-6-4-3-5-7-15)14(2)26(25-13)12-16-8-9-17(22)10-18(16)21/h3-10H,11-12H2,1-2H3,(H2,23,24,27). The Bertz CT molecular complexity index is 956. The summed E-state index contributed by atoms with van der Waals surface area (Å²) in [5, 5.41) is 11.9. The minimum Gasteiger partial charge on any atom is -0.358 e. The van der Waals surface area contributed by atoms with Crippen molar-refractivity contribution in [2.45, 2.75) is 26.9 Å². The van der Waals surface area contributed by atoms with E-state index in [0.29, 0.717) is 23.2 Å². The number of aryl methyl sites for hydroxylation is 1. The molecule has 140 valence electrons. The van der Waals surface area contributed by atoms with E-state index in [1.807, 2.05) is 48.9 Å². The molecule has 0 fully saturated rings. The van der Waals surface area contributed by atoms with E-state index in [1.54, 1.807) is 6.07 Å². The van der Waals surface area contributed by atoms with E-state index in [4.69, 9.17) is 23.8 Å². The van der Waals surface area contributed by atoms with Crippen LogP contribution >= 0.6 is 23.8 Å². The number of nitrogens with zero attached hydrogens (tertiary/aromatic N) is 2. The molecule has 1 aromatic heterocycles. The zero-order valence-corrected chi connectivity index (χ0v) is 16.7. The normalized spacial score (nSPS) is 10.7. The van der Waals surface area contributed by atoms with Gasteiger partial charge in [-0.15, -0.1) is 0 Å². The smallest absolute Gasteiger partial charge is 0.171 e. The first-order valence-electron chi connectivity index (χ1n) is 8.50. The van der Waals surface area contributed by atoms with Gasteiger partial charge in [0.15, 0.2) is 5.11 Å². The van der Waals surface area contributed by atoms with Crippen LogP contribution < -0.4 is 10.6 Å². The number of halogens is 2. The van der Waals surface area contributed by atoms with E-state index in [9.17, 15) is 4.39 Å². The minimum absolute atomic E-state index is 0.352. The highest BCUT2D eigenvalue weighted by Gasteiger charge is 2.14. The van der Waals surface area contributed by atoms with Gasteiger partial charge in [-0.1, -0.05) is 48.0 Å². The largest absolute Gasteiger partial charge is 0.358 e. The Morgan fingerprint density at radius 2 is 1.93 bits per heavy atom. The van der Waals surface area contributed by atoms with Crippen LogP contribution in [0.15, 0.2) is 48.5 Å². The highest BCUT2D eigenvalue weighted by atomic mass is 35.5. The zero-order chi connectivity index (χ0) is 19.4. The second kappa shape index (κ2) is 8.50. The summed E-state index contributed by atoms with van der Waals surface area (Å²) in [5.74, 6) is -0.352. The van der Waals surface area contributed by atoms with Gasteiger partial charge in [0.05, 0.1) is 23.6 Å². The van der Waals surface area contributed by atoms with Crippen LogP contribution in [0.3, 0.4) is 0 Å². The molecule has 4 nitrogen and oxygen atoms in total. The van der Waals surface area contributed by atoms with Crippen LogP contribution in [0.4, 0.5) is 10.1 Å². The molecular formula is C20H20ClFN4S. The molecule has 0 saturated carbocycles. The van der Waals surface area contributed by atoms with Crippen molar-refractivity contribution in [3.05, 3.63) is 81.9 Å².